The molecule has 2 amide bonds. The second-order valence-electron chi connectivity index (χ2n) is 7.80. The highest BCUT2D eigenvalue weighted by molar-refractivity contribution is 8.14. The summed E-state index contributed by atoms with van der Waals surface area (Å²) in [6.07, 6.45) is 6.60. The van der Waals surface area contributed by atoms with E-state index in [0.717, 1.165) is 17.5 Å². The van der Waals surface area contributed by atoms with Gasteiger partial charge in [0.2, 0.25) is 22.0 Å². The molecular weight excluding hydrogens is 518 g/mol. The fourth-order valence-electron chi connectivity index (χ4n) is 2.56. The molecule has 0 spiro atoms. The van der Waals surface area contributed by atoms with Crippen LogP contribution in [-0.2, 0) is 33.3 Å². The van der Waals surface area contributed by atoms with Gasteiger partial charge in [0.05, 0.1) is 17.6 Å². The van der Waals surface area contributed by atoms with Crippen molar-refractivity contribution < 1.29 is 19.2 Å². The van der Waals surface area contributed by atoms with E-state index in [2.05, 4.69) is 25.9 Å². The highest BCUT2D eigenvalue weighted by Crippen LogP contribution is 2.13. The molecule has 2 rings (SSSR count). The summed E-state index contributed by atoms with van der Waals surface area (Å²) < 4.78 is 3.01. The predicted octanol–water partition coefficient (Wildman–Crippen LogP) is 1.13. The Labute approximate surface area is 223 Å². The lowest BCUT2D eigenvalue weighted by molar-refractivity contribution is -0.119. The molecule has 0 unspecified atom stereocenters. The molecule has 0 saturated carbocycles. The van der Waals surface area contributed by atoms with Crippen LogP contribution >= 0.6 is 23.5 Å². The fraction of sp³-hybridized carbons (Fsp3) is 0.435. The van der Waals surface area contributed by atoms with Crippen LogP contribution in [0.5, 0.6) is 0 Å². The van der Waals surface area contributed by atoms with Crippen LogP contribution < -0.4 is 16.3 Å². The zero-order chi connectivity index (χ0) is 28.0. The standard InChI is InChI=1S/C12H17N3O3S.C11H16N4O2S/c1-8(6-10-7-15(3)12(18)14-10)11(17)19-5-4-13-9(2)16;1-8(6-10-7-13-14-15(10)3)11(17)18-5-4-12-9(2)16/h6-7H,4-5H2,1-3H3,(H,13,16)(H,14,18);6-7H,4-5H2,1-3H3,(H,12,16)/b2*8-6+. The first-order valence-corrected chi connectivity index (χ1v) is 13.2. The van der Waals surface area contributed by atoms with E-state index < -0.39 is 0 Å². The number of rotatable bonds is 10. The van der Waals surface area contributed by atoms with Crippen molar-refractivity contribution in [3.8, 4) is 0 Å². The average Bonchev–Trinajstić information content (AvgIpc) is 3.37. The van der Waals surface area contributed by atoms with Crippen molar-refractivity contribution in [2.45, 2.75) is 27.7 Å². The summed E-state index contributed by atoms with van der Waals surface area (Å²) >= 11 is 2.32. The summed E-state index contributed by atoms with van der Waals surface area (Å²) in [6.45, 7) is 7.28. The highest BCUT2D eigenvalue weighted by Gasteiger charge is 2.08. The molecule has 0 bridgehead atoms. The Balaban J connectivity index is 0.000000371. The minimum absolute atomic E-state index is 0.0125. The number of aryl methyl sites for hydroxylation is 2. The SMILES string of the molecule is CC(=O)NCCSC(=O)/C(C)=C/c1cn(C)c(=O)[nH]1.CC(=O)NCCSC(=O)/C(C)=C/c1cnnn1C. The van der Waals surface area contributed by atoms with Gasteiger partial charge >= 0.3 is 5.69 Å². The number of nitrogens with one attached hydrogen (secondary N) is 3. The van der Waals surface area contributed by atoms with Crippen molar-refractivity contribution in [3.05, 3.63) is 45.4 Å². The lowest BCUT2D eigenvalue weighted by Gasteiger charge is -2.02. The average molecular weight is 552 g/mol. The molecule has 0 aliphatic heterocycles. The van der Waals surface area contributed by atoms with Gasteiger partial charge in [-0.3, -0.25) is 19.2 Å². The van der Waals surface area contributed by atoms with Crippen molar-refractivity contribution in [1.29, 1.82) is 0 Å². The minimum atomic E-state index is -0.218. The van der Waals surface area contributed by atoms with Crippen LogP contribution in [0.25, 0.3) is 12.2 Å². The summed E-state index contributed by atoms with van der Waals surface area (Å²) in [5, 5.41) is 12.7. The van der Waals surface area contributed by atoms with E-state index in [1.165, 1.54) is 30.2 Å². The van der Waals surface area contributed by atoms with Gasteiger partial charge in [-0.05, 0) is 26.0 Å². The molecule has 2 heterocycles. The maximum atomic E-state index is 11.8. The van der Waals surface area contributed by atoms with Gasteiger partial charge in [-0.15, -0.1) is 5.10 Å². The minimum Gasteiger partial charge on any atom is -0.356 e. The van der Waals surface area contributed by atoms with Crippen molar-refractivity contribution >= 4 is 57.7 Å². The molecule has 0 atom stereocenters. The molecule has 0 fully saturated rings. The van der Waals surface area contributed by atoms with E-state index in [0.29, 0.717) is 41.4 Å². The molecule has 0 radical (unpaired) electrons. The molecule has 0 aliphatic rings. The van der Waals surface area contributed by atoms with Gasteiger partial charge in [-0.25, -0.2) is 9.48 Å². The Bertz CT molecular complexity index is 1210. The lowest BCUT2D eigenvalue weighted by atomic mass is 10.3. The van der Waals surface area contributed by atoms with Gasteiger partial charge in [0.1, 0.15) is 0 Å². The number of carbonyl (C=O) groups is 4. The van der Waals surface area contributed by atoms with Gasteiger partial charge in [-0.2, -0.15) is 0 Å². The highest BCUT2D eigenvalue weighted by atomic mass is 32.2. The van der Waals surface area contributed by atoms with Crippen molar-refractivity contribution in [2.75, 3.05) is 24.6 Å². The maximum absolute atomic E-state index is 11.8. The summed E-state index contributed by atoms with van der Waals surface area (Å²) in [4.78, 5) is 58.6. The first-order chi connectivity index (χ1) is 17.4. The van der Waals surface area contributed by atoms with Crippen LogP contribution in [-0.4, -0.2) is 71.2 Å². The molecule has 3 N–H and O–H groups in total. The molecule has 2 aromatic heterocycles. The number of hydrogen-bond donors (Lipinski definition) is 3. The smallest absolute Gasteiger partial charge is 0.325 e. The molecule has 0 aliphatic carbocycles. The number of hydrogen-bond acceptors (Lipinski definition) is 9. The zero-order valence-electron chi connectivity index (χ0n) is 21.8. The predicted molar refractivity (Wildman–Crippen MR) is 147 cm³/mol. The molecule has 37 heavy (non-hydrogen) atoms. The Kier molecular flexibility index (Phi) is 14.0. The van der Waals surface area contributed by atoms with Crippen LogP contribution in [0.4, 0.5) is 0 Å². The first-order valence-electron chi connectivity index (χ1n) is 11.2. The molecule has 0 aromatic carbocycles. The molecule has 14 heteroatoms. The van der Waals surface area contributed by atoms with Gasteiger partial charge in [-0.1, -0.05) is 28.7 Å². The summed E-state index contributed by atoms with van der Waals surface area (Å²) in [6, 6.07) is 0. The van der Waals surface area contributed by atoms with E-state index in [9.17, 15) is 24.0 Å². The lowest BCUT2D eigenvalue weighted by Crippen LogP contribution is -2.22. The van der Waals surface area contributed by atoms with Crippen LogP contribution in [0.2, 0.25) is 0 Å². The third-order valence-corrected chi connectivity index (χ3v) is 6.44. The van der Waals surface area contributed by atoms with Gasteiger partial charge < -0.3 is 20.2 Å². The number of nitrogens with zero attached hydrogens (tertiary/aromatic N) is 4. The number of carbonyl (C=O) groups excluding carboxylic acids is 4. The maximum Gasteiger partial charge on any atom is 0.325 e. The molecule has 2 aromatic rings. The van der Waals surface area contributed by atoms with Crippen LogP contribution in [0.15, 0.2) is 28.3 Å². The Morgan fingerprint density at radius 3 is 1.84 bits per heavy atom. The van der Waals surface area contributed by atoms with Crippen LogP contribution in [0.3, 0.4) is 0 Å². The second kappa shape index (κ2) is 16.4. The monoisotopic (exact) mass is 551 g/mol. The van der Waals surface area contributed by atoms with Crippen molar-refractivity contribution in [2.24, 2.45) is 14.1 Å². The van der Waals surface area contributed by atoms with Gasteiger partial charge in [0, 0.05) is 69.9 Å². The van der Waals surface area contributed by atoms with Gasteiger partial charge in [0.25, 0.3) is 0 Å². The fourth-order valence-corrected chi connectivity index (χ4v) is 3.91. The van der Waals surface area contributed by atoms with Crippen molar-refractivity contribution in [1.82, 2.24) is 35.2 Å². The first kappa shape index (κ1) is 31.6. The van der Waals surface area contributed by atoms with Gasteiger partial charge in [0.15, 0.2) is 0 Å². The molecule has 0 saturated heterocycles. The number of aromatic amines is 1. The quantitative estimate of drug-likeness (QED) is 0.290. The van der Waals surface area contributed by atoms with E-state index in [4.69, 9.17) is 0 Å². The normalized spacial score (nSPS) is 11.4. The zero-order valence-corrected chi connectivity index (χ0v) is 23.4. The molecule has 12 nitrogen and oxygen atoms in total. The van der Waals surface area contributed by atoms with E-state index in [-0.39, 0.29) is 27.7 Å². The Morgan fingerprint density at radius 1 is 0.919 bits per heavy atom. The largest absolute Gasteiger partial charge is 0.356 e. The van der Waals surface area contributed by atoms with E-state index >= 15 is 0 Å². The number of thioether (sulfide) groups is 2. The second-order valence-corrected chi connectivity index (χ2v) is 9.94. The third kappa shape index (κ3) is 12.9. The summed E-state index contributed by atoms with van der Waals surface area (Å²) in [7, 11) is 3.40. The molecular formula is C23H33N7O5S2. The number of amides is 2. The van der Waals surface area contributed by atoms with Crippen LogP contribution in [0.1, 0.15) is 39.1 Å². The molecule has 202 valence electrons. The topological polar surface area (TPSA) is 161 Å². The van der Waals surface area contributed by atoms with Crippen LogP contribution in [0, 0.1) is 0 Å². The van der Waals surface area contributed by atoms with E-state index in [1.54, 1.807) is 57.2 Å². The van der Waals surface area contributed by atoms with Crippen molar-refractivity contribution in [3.63, 3.8) is 0 Å². The number of aromatic nitrogens is 5. The Hall–Kier alpha value is -3.39. The number of H-pyrrole nitrogens is 1. The summed E-state index contributed by atoms with van der Waals surface area (Å²) in [5.74, 6) is 0.890. The Morgan fingerprint density at radius 2 is 1.43 bits per heavy atom. The van der Waals surface area contributed by atoms with E-state index in [1.807, 2.05) is 0 Å². The summed E-state index contributed by atoms with van der Waals surface area (Å²) in [5.41, 5.74) is 2.34. The number of imidazole rings is 1. The third-order valence-electron chi connectivity index (χ3n) is 4.45.